The number of aromatic nitrogens is 1. The second-order valence-corrected chi connectivity index (χ2v) is 7.14. The van der Waals surface area contributed by atoms with Crippen molar-refractivity contribution in [2.45, 2.75) is 43.9 Å². The molecule has 0 amide bonds. The van der Waals surface area contributed by atoms with Crippen LogP contribution in [0.4, 0.5) is 0 Å². The summed E-state index contributed by atoms with van der Waals surface area (Å²) in [5.74, 6) is 0. The van der Waals surface area contributed by atoms with Gasteiger partial charge in [0.25, 0.3) is 5.56 Å². The van der Waals surface area contributed by atoms with Crippen LogP contribution in [0.15, 0.2) is 32.8 Å². The Bertz CT molecular complexity index is 686. The number of hydrogen-bond donors (Lipinski definition) is 1. The van der Waals surface area contributed by atoms with Crippen LogP contribution in [0.3, 0.4) is 0 Å². The molecule has 4 heteroatoms. The van der Waals surface area contributed by atoms with E-state index in [0.717, 1.165) is 20.6 Å². The number of benzene rings is 1. The lowest BCUT2D eigenvalue weighted by Gasteiger charge is -2.13. The molecule has 20 heavy (non-hydrogen) atoms. The Morgan fingerprint density at radius 1 is 1.15 bits per heavy atom. The Balaban J connectivity index is 2.55. The molecule has 0 aliphatic heterocycles. The summed E-state index contributed by atoms with van der Waals surface area (Å²) in [5, 5.41) is 0. The summed E-state index contributed by atoms with van der Waals surface area (Å²) >= 11 is 3.84. The second-order valence-electron chi connectivity index (χ2n) is 4.98. The van der Waals surface area contributed by atoms with E-state index in [1.807, 2.05) is 6.92 Å². The number of pyridine rings is 1. The minimum atomic E-state index is 0.00664. The summed E-state index contributed by atoms with van der Waals surface area (Å²) in [7, 11) is 0. The fourth-order valence-corrected chi connectivity index (χ4v) is 4.47. The first-order chi connectivity index (χ1) is 9.42. The van der Waals surface area contributed by atoms with E-state index in [0.29, 0.717) is 0 Å². The molecule has 0 aliphatic rings. The molecule has 0 fully saturated rings. The van der Waals surface area contributed by atoms with Gasteiger partial charge in [0.1, 0.15) is 0 Å². The van der Waals surface area contributed by atoms with E-state index in [9.17, 15) is 4.79 Å². The van der Waals surface area contributed by atoms with Crippen LogP contribution in [0.25, 0.3) is 0 Å². The Labute approximate surface area is 137 Å². The van der Waals surface area contributed by atoms with E-state index in [4.69, 9.17) is 0 Å². The molecule has 2 aromatic rings. The monoisotopic (exact) mass is 399 g/mol. The van der Waals surface area contributed by atoms with E-state index >= 15 is 0 Å². The van der Waals surface area contributed by atoms with Gasteiger partial charge >= 0.3 is 0 Å². The van der Waals surface area contributed by atoms with Crippen molar-refractivity contribution in [3.63, 3.8) is 0 Å². The van der Waals surface area contributed by atoms with Gasteiger partial charge in [-0.3, -0.25) is 4.79 Å². The summed E-state index contributed by atoms with van der Waals surface area (Å²) in [6.45, 7) is 8.31. The summed E-state index contributed by atoms with van der Waals surface area (Å²) in [6, 6.07) is 6.51. The highest BCUT2D eigenvalue weighted by atomic mass is 127. The molecule has 106 valence electrons. The Morgan fingerprint density at radius 2 is 1.75 bits per heavy atom. The van der Waals surface area contributed by atoms with Crippen molar-refractivity contribution in [2.24, 2.45) is 0 Å². The highest BCUT2D eigenvalue weighted by Gasteiger charge is 2.14. The van der Waals surface area contributed by atoms with E-state index < -0.39 is 0 Å². The van der Waals surface area contributed by atoms with Crippen molar-refractivity contribution in [3.8, 4) is 0 Å². The maximum Gasteiger partial charge on any atom is 0.262 e. The molecule has 0 bridgehead atoms. The van der Waals surface area contributed by atoms with Gasteiger partial charge in [-0.1, -0.05) is 24.8 Å². The number of halogens is 1. The SMILES string of the molecule is CCc1c(C)[nH]c(=O)c(I)c1Sc1cc(C)cc(C)c1. The molecule has 0 saturated carbocycles. The van der Waals surface area contributed by atoms with Crippen LogP contribution < -0.4 is 5.56 Å². The molecule has 2 nitrogen and oxygen atoms in total. The van der Waals surface area contributed by atoms with Crippen LogP contribution in [0.2, 0.25) is 0 Å². The zero-order valence-electron chi connectivity index (χ0n) is 12.1. The number of nitrogens with one attached hydrogen (secondary N) is 1. The van der Waals surface area contributed by atoms with Crippen molar-refractivity contribution in [1.29, 1.82) is 0 Å². The Kier molecular flexibility index (Phi) is 4.96. The van der Waals surface area contributed by atoms with Crippen LogP contribution in [0, 0.1) is 24.3 Å². The standard InChI is InChI=1S/C16H18INOS/c1-5-13-11(4)18-16(19)14(17)15(13)20-12-7-9(2)6-10(3)8-12/h6-8H,5H2,1-4H3,(H,18,19). The van der Waals surface area contributed by atoms with Gasteiger partial charge < -0.3 is 4.98 Å². The maximum absolute atomic E-state index is 12.0. The predicted octanol–water partition coefficient (Wildman–Crippen LogP) is 4.62. The summed E-state index contributed by atoms with van der Waals surface area (Å²) < 4.78 is 0.786. The van der Waals surface area contributed by atoms with Gasteiger partial charge in [0.2, 0.25) is 0 Å². The van der Waals surface area contributed by atoms with Gasteiger partial charge in [0.05, 0.1) is 3.57 Å². The van der Waals surface area contributed by atoms with Crippen molar-refractivity contribution < 1.29 is 0 Å². The van der Waals surface area contributed by atoms with E-state index in [-0.39, 0.29) is 5.56 Å². The molecule has 1 N–H and O–H groups in total. The molecule has 0 spiro atoms. The van der Waals surface area contributed by atoms with Gasteiger partial charge in [0.15, 0.2) is 0 Å². The van der Waals surface area contributed by atoms with Crippen LogP contribution in [0.1, 0.15) is 29.3 Å². The van der Waals surface area contributed by atoms with Gasteiger partial charge in [-0.25, -0.2) is 0 Å². The molecule has 0 unspecified atom stereocenters. The van der Waals surface area contributed by atoms with E-state index in [2.05, 4.69) is 66.5 Å². The molecular formula is C16H18INOS. The molecule has 1 heterocycles. The Hall–Kier alpha value is -0.750. The summed E-state index contributed by atoms with van der Waals surface area (Å²) in [4.78, 5) is 17.2. The molecule has 1 aromatic carbocycles. The molecule has 0 atom stereocenters. The normalized spacial score (nSPS) is 10.8. The molecular weight excluding hydrogens is 381 g/mol. The minimum Gasteiger partial charge on any atom is -0.325 e. The zero-order chi connectivity index (χ0) is 14.9. The van der Waals surface area contributed by atoms with Crippen molar-refractivity contribution in [2.75, 3.05) is 0 Å². The van der Waals surface area contributed by atoms with Crippen LogP contribution in [0.5, 0.6) is 0 Å². The predicted molar refractivity (Wildman–Crippen MR) is 93.9 cm³/mol. The zero-order valence-corrected chi connectivity index (χ0v) is 15.1. The molecule has 2 rings (SSSR count). The van der Waals surface area contributed by atoms with Gasteiger partial charge in [-0.05, 0) is 78.6 Å². The third kappa shape index (κ3) is 3.28. The fourth-order valence-electron chi connectivity index (χ4n) is 2.35. The lowest BCUT2D eigenvalue weighted by atomic mass is 10.1. The average Bonchev–Trinajstić information content (AvgIpc) is 2.34. The van der Waals surface area contributed by atoms with Gasteiger partial charge in [-0.15, -0.1) is 0 Å². The minimum absolute atomic E-state index is 0.00664. The smallest absolute Gasteiger partial charge is 0.262 e. The first-order valence-electron chi connectivity index (χ1n) is 6.59. The summed E-state index contributed by atoms with van der Waals surface area (Å²) in [6.07, 6.45) is 0.922. The van der Waals surface area contributed by atoms with E-state index in [1.165, 1.54) is 21.6 Å². The quantitative estimate of drug-likeness (QED) is 0.765. The van der Waals surface area contributed by atoms with Crippen molar-refractivity contribution in [1.82, 2.24) is 4.98 Å². The van der Waals surface area contributed by atoms with Gasteiger partial charge in [0, 0.05) is 15.5 Å². The first-order valence-corrected chi connectivity index (χ1v) is 8.49. The Morgan fingerprint density at radius 3 is 2.30 bits per heavy atom. The average molecular weight is 399 g/mol. The second kappa shape index (κ2) is 6.35. The molecule has 0 saturated heterocycles. The highest BCUT2D eigenvalue weighted by molar-refractivity contribution is 14.1. The largest absolute Gasteiger partial charge is 0.325 e. The van der Waals surface area contributed by atoms with Crippen molar-refractivity contribution >= 4 is 34.4 Å². The van der Waals surface area contributed by atoms with E-state index in [1.54, 1.807) is 11.8 Å². The highest BCUT2D eigenvalue weighted by Crippen LogP contribution is 2.34. The molecule has 0 radical (unpaired) electrons. The third-order valence-electron chi connectivity index (χ3n) is 3.20. The lowest BCUT2D eigenvalue weighted by molar-refractivity contribution is 0.960. The maximum atomic E-state index is 12.0. The number of aromatic amines is 1. The number of H-pyrrole nitrogens is 1. The fraction of sp³-hybridized carbons (Fsp3) is 0.312. The number of hydrogen-bond acceptors (Lipinski definition) is 2. The van der Waals surface area contributed by atoms with Crippen LogP contribution in [-0.2, 0) is 6.42 Å². The van der Waals surface area contributed by atoms with Crippen molar-refractivity contribution in [3.05, 3.63) is 54.5 Å². The van der Waals surface area contributed by atoms with Gasteiger partial charge in [-0.2, -0.15) is 0 Å². The van der Waals surface area contributed by atoms with Crippen LogP contribution >= 0.6 is 34.4 Å². The molecule has 1 aromatic heterocycles. The molecule has 0 aliphatic carbocycles. The third-order valence-corrected chi connectivity index (χ3v) is 5.72. The number of aryl methyl sites for hydroxylation is 3. The topological polar surface area (TPSA) is 32.9 Å². The summed E-state index contributed by atoms with van der Waals surface area (Å²) in [5.41, 5.74) is 4.72. The number of rotatable bonds is 3. The first kappa shape index (κ1) is 15.6. The lowest BCUT2D eigenvalue weighted by Crippen LogP contribution is -2.15. The van der Waals surface area contributed by atoms with Crippen LogP contribution in [-0.4, -0.2) is 4.98 Å².